The lowest BCUT2D eigenvalue weighted by molar-refractivity contribution is -0.142. The lowest BCUT2D eigenvalue weighted by Crippen LogP contribution is -2.20. The summed E-state index contributed by atoms with van der Waals surface area (Å²) in [6, 6.07) is 8.22. The zero-order chi connectivity index (χ0) is 13.0. The number of carbonyl (C=O) groups is 1. The van der Waals surface area contributed by atoms with E-state index >= 15 is 0 Å². The SMILES string of the molecule is CCOc1ccc(C2CCC(C(=O)O)CC2)cc1. The van der Waals surface area contributed by atoms with E-state index in [9.17, 15) is 4.79 Å². The summed E-state index contributed by atoms with van der Waals surface area (Å²) in [5.41, 5.74) is 1.31. The molecule has 1 N–H and O–H groups in total. The third-order valence-corrected chi connectivity index (χ3v) is 3.74. The molecule has 98 valence electrons. The van der Waals surface area contributed by atoms with E-state index in [2.05, 4.69) is 12.1 Å². The standard InChI is InChI=1S/C15H20O3/c1-2-18-14-9-7-12(8-10-14)11-3-5-13(6-4-11)15(16)17/h7-11,13H,2-6H2,1H3,(H,16,17). The van der Waals surface area contributed by atoms with E-state index in [-0.39, 0.29) is 5.92 Å². The van der Waals surface area contributed by atoms with Crippen LogP contribution >= 0.6 is 0 Å². The van der Waals surface area contributed by atoms with Gasteiger partial charge in [0.05, 0.1) is 12.5 Å². The Kier molecular flexibility index (Phi) is 4.24. The van der Waals surface area contributed by atoms with E-state index in [0.717, 1.165) is 31.4 Å². The quantitative estimate of drug-likeness (QED) is 0.887. The van der Waals surface area contributed by atoms with Crippen molar-refractivity contribution in [1.29, 1.82) is 0 Å². The molecular formula is C15H20O3. The Balaban J connectivity index is 1.95. The average molecular weight is 248 g/mol. The molecule has 0 bridgehead atoms. The molecule has 0 heterocycles. The molecule has 2 rings (SSSR count). The van der Waals surface area contributed by atoms with Gasteiger partial charge in [0.2, 0.25) is 0 Å². The van der Waals surface area contributed by atoms with Crippen LogP contribution in [0.2, 0.25) is 0 Å². The second kappa shape index (κ2) is 5.89. The summed E-state index contributed by atoms with van der Waals surface area (Å²) in [6.45, 7) is 2.66. The van der Waals surface area contributed by atoms with Crippen LogP contribution in [0.5, 0.6) is 5.75 Å². The molecule has 1 saturated carbocycles. The van der Waals surface area contributed by atoms with Crippen molar-refractivity contribution >= 4 is 5.97 Å². The molecule has 3 heteroatoms. The van der Waals surface area contributed by atoms with Crippen molar-refractivity contribution in [3.63, 3.8) is 0 Å². The Morgan fingerprint density at radius 3 is 2.33 bits per heavy atom. The minimum Gasteiger partial charge on any atom is -0.494 e. The van der Waals surface area contributed by atoms with Gasteiger partial charge in [-0.2, -0.15) is 0 Å². The van der Waals surface area contributed by atoms with Crippen LogP contribution in [0.3, 0.4) is 0 Å². The predicted molar refractivity (Wildman–Crippen MR) is 69.9 cm³/mol. The van der Waals surface area contributed by atoms with Crippen LogP contribution in [-0.4, -0.2) is 17.7 Å². The van der Waals surface area contributed by atoms with Gasteiger partial charge in [0.25, 0.3) is 0 Å². The summed E-state index contributed by atoms with van der Waals surface area (Å²) in [4.78, 5) is 10.9. The highest BCUT2D eigenvalue weighted by atomic mass is 16.5. The van der Waals surface area contributed by atoms with Gasteiger partial charge in [-0.25, -0.2) is 0 Å². The van der Waals surface area contributed by atoms with Gasteiger partial charge in [-0.15, -0.1) is 0 Å². The number of ether oxygens (including phenoxy) is 1. The molecular weight excluding hydrogens is 228 g/mol. The smallest absolute Gasteiger partial charge is 0.306 e. The molecule has 0 atom stereocenters. The predicted octanol–water partition coefficient (Wildman–Crippen LogP) is 3.44. The number of rotatable bonds is 4. The average Bonchev–Trinajstić information content (AvgIpc) is 2.40. The van der Waals surface area contributed by atoms with Gasteiger partial charge in [-0.1, -0.05) is 12.1 Å². The number of carboxylic acid groups (broad SMARTS) is 1. The first-order chi connectivity index (χ1) is 8.70. The van der Waals surface area contributed by atoms with Crippen LogP contribution in [0, 0.1) is 5.92 Å². The van der Waals surface area contributed by atoms with Gasteiger partial charge in [0.15, 0.2) is 0 Å². The van der Waals surface area contributed by atoms with Crippen LogP contribution in [0.25, 0.3) is 0 Å². The number of hydrogen-bond donors (Lipinski definition) is 1. The van der Waals surface area contributed by atoms with Crippen LogP contribution in [-0.2, 0) is 4.79 Å². The molecule has 0 unspecified atom stereocenters. The fraction of sp³-hybridized carbons (Fsp3) is 0.533. The molecule has 0 spiro atoms. The summed E-state index contributed by atoms with van der Waals surface area (Å²) in [5, 5.41) is 8.97. The maximum atomic E-state index is 10.9. The minimum atomic E-state index is -0.639. The second-order valence-electron chi connectivity index (χ2n) is 4.89. The van der Waals surface area contributed by atoms with E-state index in [1.54, 1.807) is 0 Å². The molecule has 0 aliphatic heterocycles. The lowest BCUT2D eigenvalue weighted by Gasteiger charge is -2.26. The van der Waals surface area contributed by atoms with Gasteiger partial charge in [-0.05, 0) is 56.2 Å². The Labute approximate surface area is 108 Å². The number of aliphatic carboxylic acids is 1. The van der Waals surface area contributed by atoms with Crippen molar-refractivity contribution in [2.75, 3.05) is 6.61 Å². The van der Waals surface area contributed by atoms with Crippen molar-refractivity contribution in [2.45, 2.75) is 38.5 Å². The van der Waals surface area contributed by atoms with E-state index < -0.39 is 5.97 Å². The van der Waals surface area contributed by atoms with E-state index in [4.69, 9.17) is 9.84 Å². The first kappa shape index (κ1) is 12.9. The summed E-state index contributed by atoms with van der Waals surface area (Å²) >= 11 is 0. The highest BCUT2D eigenvalue weighted by Gasteiger charge is 2.26. The Morgan fingerprint density at radius 1 is 1.22 bits per heavy atom. The van der Waals surface area contributed by atoms with E-state index in [0.29, 0.717) is 12.5 Å². The van der Waals surface area contributed by atoms with Crippen LogP contribution in [0.1, 0.15) is 44.1 Å². The summed E-state index contributed by atoms with van der Waals surface area (Å²) in [7, 11) is 0. The van der Waals surface area contributed by atoms with Gasteiger partial charge in [0, 0.05) is 0 Å². The number of carboxylic acids is 1. The fourth-order valence-corrected chi connectivity index (χ4v) is 2.68. The molecule has 1 aromatic carbocycles. The Hall–Kier alpha value is -1.51. The third-order valence-electron chi connectivity index (χ3n) is 3.74. The van der Waals surface area contributed by atoms with Crippen molar-refractivity contribution in [3.8, 4) is 5.75 Å². The van der Waals surface area contributed by atoms with Crippen molar-refractivity contribution in [1.82, 2.24) is 0 Å². The van der Waals surface area contributed by atoms with E-state index in [1.165, 1.54) is 5.56 Å². The molecule has 3 nitrogen and oxygen atoms in total. The van der Waals surface area contributed by atoms with E-state index in [1.807, 2.05) is 19.1 Å². The molecule has 0 saturated heterocycles. The highest BCUT2D eigenvalue weighted by Crippen LogP contribution is 2.36. The third kappa shape index (κ3) is 3.03. The van der Waals surface area contributed by atoms with Gasteiger partial charge in [0.1, 0.15) is 5.75 Å². The molecule has 1 aromatic rings. The summed E-state index contributed by atoms with van der Waals surface area (Å²) in [6.07, 6.45) is 3.55. The zero-order valence-electron chi connectivity index (χ0n) is 10.8. The topological polar surface area (TPSA) is 46.5 Å². The Morgan fingerprint density at radius 2 is 1.83 bits per heavy atom. The lowest BCUT2D eigenvalue weighted by atomic mass is 9.79. The molecule has 18 heavy (non-hydrogen) atoms. The van der Waals surface area contributed by atoms with Crippen molar-refractivity contribution in [3.05, 3.63) is 29.8 Å². The molecule has 0 amide bonds. The maximum absolute atomic E-state index is 10.9. The molecule has 0 radical (unpaired) electrons. The summed E-state index contributed by atoms with van der Waals surface area (Å²) < 4.78 is 5.42. The van der Waals surface area contributed by atoms with Crippen LogP contribution < -0.4 is 4.74 Å². The highest BCUT2D eigenvalue weighted by molar-refractivity contribution is 5.70. The maximum Gasteiger partial charge on any atom is 0.306 e. The fourth-order valence-electron chi connectivity index (χ4n) is 2.68. The first-order valence-corrected chi connectivity index (χ1v) is 6.66. The monoisotopic (exact) mass is 248 g/mol. The van der Waals surface area contributed by atoms with Gasteiger partial charge < -0.3 is 9.84 Å². The zero-order valence-corrected chi connectivity index (χ0v) is 10.8. The second-order valence-corrected chi connectivity index (χ2v) is 4.89. The molecule has 1 aliphatic rings. The molecule has 1 fully saturated rings. The number of benzene rings is 1. The normalized spacial score (nSPS) is 23.6. The number of hydrogen-bond acceptors (Lipinski definition) is 2. The minimum absolute atomic E-state index is 0.135. The first-order valence-electron chi connectivity index (χ1n) is 6.66. The Bertz CT molecular complexity index is 389. The van der Waals surface area contributed by atoms with Gasteiger partial charge in [-0.3, -0.25) is 4.79 Å². The largest absolute Gasteiger partial charge is 0.494 e. The van der Waals surface area contributed by atoms with Crippen LogP contribution in [0.4, 0.5) is 0 Å². The molecule has 0 aromatic heterocycles. The van der Waals surface area contributed by atoms with Crippen molar-refractivity contribution in [2.24, 2.45) is 5.92 Å². The molecule has 1 aliphatic carbocycles. The van der Waals surface area contributed by atoms with Crippen LogP contribution in [0.15, 0.2) is 24.3 Å². The van der Waals surface area contributed by atoms with Gasteiger partial charge >= 0.3 is 5.97 Å². The van der Waals surface area contributed by atoms with Crippen molar-refractivity contribution < 1.29 is 14.6 Å². The summed E-state index contributed by atoms with van der Waals surface area (Å²) in [5.74, 6) is 0.640.